The second-order valence-electron chi connectivity index (χ2n) is 7.64. The number of amides is 3. The van der Waals surface area contributed by atoms with Crippen LogP contribution in [0.15, 0.2) is 30.3 Å². The fourth-order valence-corrected chi connectivity index (χ4v) is 3.33. The summed E-state index contributed by atoms with van der Waals surface area (Å²) in [5.41, 5.74) is 0.856. The first kappa shape index (κ1) is 24.2. The second-order valence-corrected chi connectivity index (χ2v) is 7.64. The van der Waals surface area contributed by atoms with Crippen molar-refractivity contribution in [3.8, 4) is 0 Å². The molecule has 1 heterocycles. The molecule has 1 aromatic carbocycles. The highest BCUT2D eigenvalue weighted by Gasteiger charge is 2.37. The number of rotatable bonds is 9. The van der Waals surface area contributed by atoms with E-state index in [-0.39, 0.29) is 25.7 Å². The van der Waals surface area contributed by atoms with Crippen LogP contribution in [-0.4, -0.2) is 60.6 Å². The van der Waals surface area contributed by atoms with Crippen molar-refractivity contribution < 1.29 is 28.7 Å². The Morgan fingerprint density at radius 3 is 2.48 bits per heavy atom. The zero-order valence-corrected chi connectivity index (χ0v) is 18.3. The second kappa shape index (κ2) is 11.9. The first-order valence-electron chi connectivity index (χ1n) is 10.5. The number of hydrogen-bond donors (Lipinski definition) is 2. The first-order valence-corrected chi connectivity index (χ1v) is 10.5. The van der Waals surface area contributed by atoms with Gasteiger partial charge in [-0.2, -0.15) is 0 Å². The topological polar surface area (TPSA) is 114 Å². The summed E-state index contributed by atoms with van der Waals surface area (Å²) in [5, 5.41) is 5.20. The quantitative estimate of drug-likeness (QED) is 0.572. The van der Waals surface area contributed by atoms with Gasteiger partial charge >= 0.3 is 12.1 Å². The van der Waals surface area contributed by atoms with Crippen LogP contribution in [0.25, 0.3) is 0 Å². The van der Waals surface area contributed by atoms with Crippen molar-refractivity contribution in [2.24, 2.45) is 5.92 Å². The van der Waals surface area contributed by atoms with Gasteiger partial charge in [0.15, 0.2) is 0 Å². The smallest absolute Gasteiger partial charge is 0.410 e. The lowest BCUT2D eigenvalue weighted by Crippen LogP contribution is -2.55. The Bertz CT molecular complexity index is 768. The van der Waals surface area contributed by atoms with E-state index in [9.17, 15) is 19.2 Å². The first-order chi connectivity index (χ1) is 14.8. The molecule has 0 aromatic heterocycles. The maximum atomic E-state index is 12.9. The molecular formula is C22H31N3O6. The summed E-state index contributed by atoms with van der Waals surface area (Å²) in [7, 11) is 0. The highest BCUT2D eigenvalue weighted by atomic mass is 16.6. The molecule has 0 aliphatic carbocycles. The number of nitrogens with zero attached hydrogens (tertiary/aromatic N) is 1. The molecule has 31 heavy (non-hydrogen) atoms. The standard InChI is InChI=1S/C22H31N3O6/c1-4-30-18(26)13-23-21(28)19(15(2)3)24-20(27)17-11-8-12-25(17)22(29)31-14-16-9-6-5-7-10-16/h5-7,9-10,15,17,19H,4,8,11-14H2,1-3H3,(H,23,28)(H,24,27)/t17-,19-/m0/s1. The van der Waals surface area contributed by atoms with Crippen molar-refractivity contribution in [3.63, 3.8) is 0 Å². The number of carbonyl (C=O) groups excluding carboxylic acids is 4. The Balaban J connectivity index is 1.93. The van der Waals surface area contributed by atoms with Crippen LogP contribution in [-0.2, 0) is 30.5 Å². The van der Waals surface area contributed by atoms with E-state index in [0.29, 0.717) is 19.4 Å². The maximum Gasteiger partial charge on any atom is 0.410 e. The van der Waals surface area contributed by atoms with Crippen LogP contribution < -0.4 is 10.6 Å². The molecule has 1 saturated heterocycles. The molecule has 9 heteroatoms. The van der Waals surface area contributed by atoms with Gasteiger partial charge in [-0.05, 0) is 31.2 Å². The van der Waals surface area contributed by atoms with Gasteiger partial charge in [0, 0.05) is 6.54 Å². The van der Waals surface area contributed by atoms with Crippen molar-refractivity contribution in [2.45, 2.75) is 52.3 Å². The molecular weight excluding hydrogens is 402 g/mol. The van der Waals surface area contributed by atoms with Gasteiger partial charge in [0.25, 0.3) is 0 Å². The van der Waals surface area contributed by atoms with Gasteiger partial charge in [-0.25, -0.2) is 4.79 Å². The van der Waals surface area contributed by atoms with E-state index < -0.39 is 36.0 Å². The summed E-state index contributed by atoms with van der Waals surface area (Å²) < 4.78 is 10.1. The Morgan fingerprint density at radius 2 is 1.84 bits per heavy atom. The summed E-state index contributed by atoms with van der Waals surface area (Å²) in [4.78, 5) is 50.7. The van der Waals surface area contributed by atoms with Crippen LogP contribution in [0.5, 0.6) is 0 Å². The van der Waals surface area contributed by atoms with E-state index in [1.165, 1.54) is 4.90 Å². The summed E-state index contributed by atoms with van der Waals surface area (Å²) in [6, 6.07) is 7.74. The Labute approximate surface area is 182 Å². The minimum Gasteiger partial charge on any atom is -0.465 e. The molecule has 0 radical (unpaired) electrons. The van der Waals surface area contributed by atoms with E-state index in [4.69, 9.17) is 9.47 Å². The summed E-state index contributed by atoms with van der Waals surface area (Å²) in [5.74, 6) is -1.66. The van der Waals surface area contributed by atoms with E-state index >= 15 is 0 Å². The Kier molecular flexibility index (Phi) is 9.30. The molecule has 2 atom stereocenters. The zero-order chi connectivity index (χ0) is 22.8. The molecule has 0 unspecified atom stereocenters. The van der Waals surface area contributed by atoms with Gasteiger partial charge in [0.1, 0.15) is 25.2 Å². The number of likely N-dealkylation sites (tertiary alicyclic amines) is 1. The Morgan fingerprint density at radius 1 is 1.13 bits per heavy atom. The average molecular weight is 434 g/mol. The van der Waals surface area contributed by atoms with Crippen LogP contribution in [0.2, 0.25) is 0 Å². The number of esters is 1. The van der Waals surface area contributed by atoms with E-state index in [2.05, 4.69) is 10.6 Å². The number of hydrogen-bond acceptors (Lipinski definition) is 6. The van der Waals surface area contributed by atoms with Gasteiger partial charge in [-0.3, -0.25) is 19.3 Å². The fourth-order valence-electron chi connectivity index (χ4n) is 3.33. The Hall–Kier alpha value is -3.10. The average Bonchev–Trinajstić information content (AvgIpc) is 3.25. The van der Waals surface area contributed by atoms with Gasteiger partial charge in [-0.15, -0.1) is 0 Å². The summed E-state index contributed by atoms with van der Waals surface area (Å²) >= 11 is 0. The molecule has 1 aliphatic rings. The lowest BCUT2D eigenvalue weighted by atomic mass is 10.0. The number of benzene rings is 1. The van der Waals surface area contributed by atoms with Crippen LogP contribution in [0.4, 0.5) is 4.79 Å². The normalized spacial score (nSPS) is 16.5. The highest BCUT2D eigenvalue weighted by molar-refractivity contribution is 5.92. The lowest BCUT2D eigenvalue weighted by Gasteiger charge is -2.27. The third kappa shape index (κ3) is 7.27. The molecule has 2 N–H and O–H groups in total. The number of carbonyl (C=O) groups is 4. The third-order valence-electron chi connectivity index (χ3n) is 4.95. The maximum absolute atomic E-state index is 12.9. The van der Waals surface area contributed by atoms with Crippen LogP contribution in [0.3, 0.4) is 0 Å². The third-order valence-corrected chi connectivity index (χ3v) is 4.95. The lowest BCUT2D eigenvalue weighted by molar-refractivity contribution is -0.143. The van der Waals surface area contributed by atoms with Crippen molar-refractivity contribution in [2.75, 3.05) is 19.7 Å². The van der Waals surface area contributed by atoms with Crippen LogP contribution in [0, 0.1) is 5.92 Å². The molecule has 3 amide bonds. The van der Waals surface area contributed by atoms with Crippen LogP contribution >= 0.6 is 0 Å². The fraction of sp³-hybridized carbons (Fsp3) is 0.545. The summed E-state index contributed by atoms with van der Waals surface area (Å²) in [6.45, 7) is 5.73. The predicted molar refractivity (Wildman–Crippen MR) is 113 cm³/mol. The molecule has 1 aromatic rings. The zero-order valence-electron chi connectivity index (χ0n) is 18.3. The minimum atomic E-state index is -0.843. The number of nitrogens with one attached hydrogen (secondary N) is 2. The summed E-state index contributed by atoms with van der Waals surface area (Å²) in [6.07, 6.45) is 0.593. The van der Waals surface area contributed by atoms with Gasteiger partial charge < -0.3 is 20.1 Å². The van der Waals surface area contributed by atoms with Crippen molar-refractivity contribution in [1.29, 1.82) is 0 Å². The number of ether oxygens (including phenoxy) is 2. The SMILES string of the molecule is CCOC(=O)CNC(=O)[C@@H](NC(=O)[C@@H]1CCCN1C(=O)OCc1ccccc1)C(C)C. The molecule has 9 nitrogen and oxygen atoms in total. The van der Waals surface area contributed by atoms with Gasteiger partial charge in [0.05, 0.1) is 6.61 Å². The van der Waals surface area contributed by atoms with Gasteiger partial charge in [-0.1, -0.05) is 44.2 Å². The van der Waals surface area contributed by atoms with E-state index in [1.807, 2.05) is 30.3 Å². The molecule has 1 fully saturated rings. The molecule has 0 spiro atoms. The molecule has 1 aliphatic heterocycles. The van der Waals surface area contributed by atoms with Crippen molar-refractivity contribution in [1.82, 2.24) is 15.5 Å². The molecule has 2 rings (SSSR count). The van der Waals surface area contributed by atoms with Crippen molar-refractivity contribution >= 4 is 23.9 Å². The minimum absolute atomic E-state index is 0.120. The molecule has 0 bridgehead atoms. The largest absolute Gasteiger partial charge is 0.465 e. The monoisotopic (exact) mass is 433 g/mol. The van der Waals surface area contributed by atoms with E-state index in [1.54, 1.807) is 20.8 Å². The molecule has 0 saturated carbocycles. The highest BCUT2D eigenvalue weighted by Crippen LogP contribution is 2.20. The van der Waals surface area contributed by atoms with Crippen molar-refractivity contribution in [3.05, 3.63) is 35.9 Å². The van der Waals surface area contributed by atoms with Gasteiger partial charge in [0.2, 0.25) is 11.8 Å². The predicted octanol–water partition coefficient (Wildman–Crippen LogP) is 1.61. The van der Waals surface area contributed by atoms with E-state index in [0.717, 1.165) is 5.56 Å². The van der Waals surface area contributed by atoms with Crippen LogP contribution in [0.1, 0.15) is 39.2 Å². The molecule has 170 valence electrons.